The van der Waals surface area contributed by atoms with E-state index in [1.807, 2.05) is 7.05 Å². The van der Waals surface area contributed by atoms with Gasteiger partial charge in [0, 0.05) is 24.0 Å². The summed E-state index contributed by atoms with van der Waals surface area (Å²) in [5, 5.41) is 21.0. The minimum atomic E-state index is -0.509. The number of aliphatic hydroxyl groups is 1. The summed E-state index contributed by atoms with van der Waals surface area (Å²) < 4.78 is 0. The van der Waals surface area contributed by atoms with Crippen molar-refractivity contribution in [3.63, 3.8) is 0 Å². The molecule has 1 aliphatic carbocycles. The van der Waals surface area contributed by atoms with E-state index < -0.39 is 6.23 Å². The first kappa shape index (κ1) is 23.6. The quantitative estimate of drug-likeness (QED) is 0.286. The minimum Gasteiger partial charge on any atom is -0.378 e. The van der Waals surface area contributed by atoms with Crippen molar-refractivity contribution in [3.05, 3.63) is 11.6 Å². The lowest BCUT2D eigenvalue weighted by Gasteiger charge is -2.47. The van der Waals surface area contributed by atoms with E-state index in [0.29, 0.717) is 23.9 Å². The molecule has 0 bridgehead atoms. The Balaban J connectivity index is 2.91. The molecule has 5 nitrogen and oxygen atoms in total. The monoisotopic (exact) mass is 368 g/mol. The molecule has 0 radical (unpaired) electrons. The van der Waals surface area contributed by atoms with E-state index in [1.165, 1.54) is 5.57 Å². The number of aliphatic hydroxyl groups excluding tert-OH is 1. The molecule has 0 spiro atoms. The Morgan fingerprint density at radius 3 is 2.50 bits per heavy atom. The normalized spacial score (nSPS) is 31.2. The second-order valence-electron chi connectivity index (χ2n) is 8.60. The van der Waals surface area contributed by atoms with Crippen LogP contribution in [0.3, 0.4) is 0 Å². The van der Waals surface area contributed by atoms with Crippen LogP contribution in [0.2, 0.25) is 0 Å². The largest absolute Gasteiger partial charge is 0.378 e. The van der Waals surface area contributed by atoms with Crippen LogP contribution in [0.25, 0.3) is 0 Å². The summed E-state index contributed by atoms with van der Waals surface area (Å²) in [7, 11) is 1.92. The zero-order valence-electron chi connectivity index (χ0n) is 18.1. The number of hydrogen-bond donors (Lipinski definition) is 5. The van der Waals surface area contributed by atoms with Gasteiger partial charge in [0.15, 0.2) is 0 Å². The van der Waals surface area contributed by atoms with Crippen molar-refractivity contribution in [2.75, 3.05) is 13.6 Å². The van der Waals surface area contributed by atoms with Gasteiger partial charge in [-0.1, -0.05) is 45.3 Å². The third-order valence-corrected chi connectivity index (χ3v) is 6.34. The molecule has 0 aromatic rings. The molecule has 0 aromatic carbocycles. The molecule has 6 N–H and O–H groups in total. The van der Waals surface area contributed by atoms with E-state index in [1.54, 1.807) is 0 Å². The van der Waals surface area contributed by atoms with Crippen molar-refractivity contribution in [1.29, 1.82) is 0 Å². The van der Waals surface area contributed by atoms with Crippen molar-refractivity contribution in [1.82, 2.24) is 16.0 Å². The number of nitrogens with one attached hydrogen (secondary N) is 3. The van der Waals surface area contributed by atoms with Crippen LogP contribution in [0.15, 0.2) is 11.6 Å². The molecule has 154 valence electrons. The molecule has 0 aliphatic heterocycles. The fraction of sp³-hybridized carbons (Fsp3) is 0.905. The van der Waals surface area contributed by atoms with E-state index >= 15 is 0 Å². The lowest BCUT2D eigenvalue weighted by Crippen LogP contribution is -2.54. The highest BCUT2D eigenvalue weighted by atomic mass is 16.3. The molecule has 0 saturated heterocycles. The third kappa shape index (κ3) is 6.03. The van der Waals surface area contributed by atoms with E-state index in [4.69, 9.17) is 5.73 Å². The molecule has 1 rings (SSSR count). The molecule has 0 saturated carbocycles. The van der Waals surface area contributed by atoms with Gasteiger partial charge in [0.1, 0.15) is 6.23 Å². The van der Waals surface area contributed by atoms with Crippen LogP contribution in [0, 0.1) is 17.3 Å². The molecule has 5 heteroatoms. The fourth-order valence-corrected chi connectivity index (χ4v) is 4.45. The van der Waals surface area contributed by atoms with E-state index in [9.17, 15) is 5.11 Å². The van der Waals surface area contributed by atoms with Crippen LogP contribution in [-0.2, 0) is 0 Å². The van der Waals surface area contributed by atoms with Crippen molar-refractivity contribution >= 4 is 0 Å². The van der Waals surface area contributed by atoms with E-state index in [0.717, 1.165) is 32.2 Å². The Kier molecular flexibility index (Phi) is 9.76. The maximum Gasteiger partial charge on any atom is 0.114 e. The minimum absolute atomic E-state index is 0.0447. The van der Waals surface area contributed by atoms with Crippen LogP contribution in [0.4, 0.5) is 0 Å². The zero-order chi connectivity index (χ0) is 19.9. The topological polar surface area (TPSA) is 82.3 Å². The Labute approximate surface area is 161 Å². The number of rotatable bonds is 11. The van der Waals surface area contributed by atoms with Gasteiger partial charge in [-0.25, -0.2) is 0 Å². The summed E-state index contributed by atoms with van der Waals surface area (Å²) in [5.41, 5.74) is 7.22. The molecule has 7 unspecified atom stereocenters. The van der Waals surface area contributed by atoms with Gasteiger partial charge >= 0.3 is 0 Å². The predicted molar refractivity (Wildman–Crippen MR) is 112 cm³/mol. The first-order valence-corrected chi connectivity index (χ1v) is 10.5. The highest BCUT2D eigenvalue weighted by molar-refractivity contribution is 5.20. The maximum absolute atomic E-state index is 11.0. The second kappa shape index (κ2) is 10.8. The zero-order valence-corrected chi connectivity index (χ0v) is 18.1. The Morgan fingerprint density at radius 2 is 1.96 bits per heavy atom. The molecule has 0 heterocycles. The summed E-state index contributed by atoms with van der Waals surface area (Å²) in [6.07, 6.45) is 6.14. The van der Waals surface area contributed by atoms with Crippen LogP contribution >= 0.6 is 0 Å². The summed E-state index contributed by atoms with van der Waals surface area (Å²) in [6, 6.07) is 0.643. The highest BCUT2D eigenvalue weighted by Gasteiger charge is 2.43. The average molecular weight is 369 g/mol. The van der Waals surface area contributed by atoms with Gasteiger partial charge in [0.05, 0.1) is 6.17 Å². The third-order valence-electron chi connectivity index (χ3n) is 6.34. The smallest absolute Gasteiger partial charge is 0.114 e. The Bertz CT molecular complexity index is 442. The molecular weight excluding hydrogens is 324 g/mol. The lowest BCUT2D eigenvalue weighted by molar-refractivity contribution is -0.00360. The number of likely N-dealkylation sites (N-methyl/N-ethyl adjacent to an activating group) is 1. The van der Waals surface area contributed by atoms with Gasteiger partial charge in [-0.2, -0.15) is 0 Å². The second-order valence-corrected chi connectivity index (χ2v) is 8.60. The van der Waals surface area contributed by atoms with Crippen molar-refractivity contribution in [2.45, 2.75) is 91.7 Å². The molecule has 26 heavy (non-hydrogen) atoms. The molecule has 0 aromatic heterocycles. The predicted octanol–water partition coefficient (Wildman–Crippen LogP) is 2.56. The lowest BCUT2D eigenvalue weighted by atomic mass is 9.63. The molecule has 7 atom stereocenters. The van der Waals surface area contributed by atoms with Crippen molar-refractivity contribution in [2.24, 2.45) is 23.0 Å². The first-order valence-electron chi connectivity index (χ1n) is 10.5. The van der Waals surface area contributed by atoms with Gasteiger partial charge in [0.2, 0.25) is 0 Å². The molecule has 0 amide bonds. The maximum atomic E-state index is 11.0. The highest BCUT2D eigenvalue weighted by Crippen LogP contribution is 2.46. The van der Waals surface area contributed by atoms with Gasteiger partial charge in [-0.3, -0.25) is 10.6 Å². The van der Waals surface area contributed by atoms with E-state index in [-0.39, 0.29) is 11.6 Å². The molecule has 1 aliphatic rings. The van der Waals surface area contributed by atoms with Crippen LogP contribution < -0.4 is 21.7 Å². The van der Waals surface area contributed by atoms with Crippen LogP contribution in [0.1, 0.15) is 67.2 Å². The first-order chi connectivity index (χ1) is 12.2. The van der Waals surface area contributed by atoms with Crippen LogP contribution in [0.5, 0.6) is 0 Å². The summed E-state index contributed by atoms with van der Waals surface area (Å²) >= 11 is 0. The Hall–Kier alpha value is -0.460. The van der Waals surface area contributed by atoms with Gasteiger partial charge < -0.3 is 16.2 Å². The van der Waals surface area contributed by atoms with E-state index in [2.05, 4.69) is 63.6 Å². The van der Waals surface area contributed by atoms with Gasteiger partial charge in [-0.15, -0.1) is 0 Å². The summed E-state index contributed by atoms with van der Waals surface area (Å²) in [5.74, 6) is 0.974. The number of hydrogen-bond acceptors (Lipinski definition) is 5. The summed E-state index contributed by atoms with van der Waals surface area (Å²) in [6.45, 7) is 14.0. The average Bonchev–Trinajstić information content (AvgIpc) is 2.57. The number of nitrogens with two attached hydrogens (primary N) is 1. The Morgan fingerprint density at radius 1 is 1.31 bits per heavy atom. The van der Waals surface area contributed by atoms with Crippen molar-refractivity contribution < 1.29 is 5.11 Å². The molecule has 0 fully saturated rings. The van der Waals surface area contributed by atoms with Gasteiger partial charge in [-0.05, 0) is 52.5 Å². The standard InChI is InChI=1S/C21H44N4O/c1-8-10-15(4)24-20(26)21(6)12-17(9-2)18(11-14(21)3)16(5)25-19(22)13-23-7/h11,15-20,23-26H,8-10,12-13,22H2,1-7H3. The fourth-order valence-electron chi connectivity index (χ4n) is 4.45. The van der Waals surface area contributed by atoms with Crippen LogP contribution in [-0.4, -0.2) is 43.2 Å². The van der Waals surface area contributed by atoms with Gasteiger partial charge in [0.25, 0.3) is 0 Å². The SMILES string of the molecule is CCCC(C)NC(O)C1(C)CC(CC)C(C(C)NC(N)CNC)C=C1C. The summed E-state index contributed by atoms with van der Waals surface area (Å²) in [4.78, 5) is 0. The molecular formula is C21H44N4O. The van der Waals surface area contributed by atoms with Crippen molar-refractivity contribution in [3.8, 4) is 0 Å².